The summed E-state index contributed by atoms with van der Waals surface area (Å²) in [7, 11) is 0. The van der Waals surface area contributed by atoms with Crippen molar-refractivity contribution in [1.29, 1.82) is 0 Å². The molecule has 0 aromatic carbocycles. The normalized spacial score (nSPS) is 10.8. The largest absolute Gasteiger partial charge is 0.481 e. The first-order valence-corrected chi connectivity index (χ1v) is 6.95. The predicted octanol–water partition coefficient (Wildman–Crippen LogP) is 2.06. The van der Waals surface area contributed by atoms with Crippen LogP contribution in [-0.4, -0.2) is 26.2 Å². The van der Waals surface area contributed by atoms with Crippen molar-refractivity contribution >= 4 is 29.1 Å². The van der Waals surface area contributed by atoms with Gasteiger partial charge >= 0.3 is 5.97 Å². The highest BCUT2D eigenvalue weighted by molar-refractivity contribution is 8.00. The quantitative estimate of drug-likeness (QED) is 0.841. The van der Waals surface area contributed by atoms with E-state index in [0.717, 1.165) is 14.9 Å². The molecule has 0 radical (unpaired) electrons. The monoisotopic (exact) mass is 285 g/mol. The summed E-state index contributed by atoms with van der Waals surface area (Å²) in [4.78, 5) is 19.8. The van der Waals surface area contributed by atoms with Gasteiger partial charge in [-0.25, -0.2) is 4.98 Å². The molecule has 0 aliphatic carbocycles. The van der Waals surface area contributed by atoms with Crippen LogP contribution >= 0.6 is 23.1 Å². The number of carbonyl (C=O) groups is 1. The van der Waals surface area contributed by atoms with Gasteiger partial charge in [-0.15, -0.1) is 11.3 Å². The summed E-state index contributed by atoms with van der Waals surface area (Å²) in [6, 6.07) is 0. The van der Waals surface area contributed by atoms with Crippen LogP contribution in [0.3, 0.4) is 0 Å². The lowest BCUT2D eigenvalue weighted by atomic mass is 10.3. The fraction of sp³-hybridized carbons (Fsp3) is 0.400. The van der Waals surface area contributed by atoms with E-state index in [1.165, 1.54) is 23.1 Å². The van der Waals surface area contributed by atoms with Crippen molar-refractivity contribution in [2.24, 2.45) is 0 Å². The smallest absolute Gasteiger partial charge is 0.308 e. The summed E-state index contributed by atoms with van der Waals surface area (Å²) in [5.41, 5.74) is 0.770. The predicted molar refractivity (Wildman–Crippen MR) is 66.8 cm³/mol. The molecule has 1 N–H and O–H groups in total. The van der Waals surface area contributed by atoms with Gasteiger partial charge in [-0.05, 0) is 13.8 Å². The van der Waals surface area contributed by atoms with E-state index in [1.54, 1.807) is 6.92 Å². The Balaban J connectivity index is 1.99. The Morgan fingerprint density at radius 2 is 2.22 bits per heavy atom. The molecule has 0 saturated heterocycles. The number of thiazole rings is 1. The summed E-state index contributed by atoms with van der Waals surface area (Å²) < 4.78 is 5.81. The minimum absolute atomic E-state index is 0.0176. The molecular weight excluding hydrogens is 274 g/mol. The Hall–Kier alpha value is -1.41. The molecule has 96 valence electrons. The van der Waals surface area contributed by atoms with Crippen molar-refractivity contribution in [2.45, 2.75) is 30.4 Å². The highest BCUT2D eigenvalue weighted by atomic mass is 32.2. The zero-order chi connectivity index (χ0) is 13.1. The van der Waals surface area contributed by atoms with Crippen LogP contribution in [0.4, 0.5) is 0 Å². The van der Waals surface area contributed by atoms with Gasteiger partial charge in [0.15, 0.2) is 10.2 Å². The highest BCUT2D eigenvalue weighted by Gasteiger charge is 2.12. The van der Waals surface area contributed by atoms with Gasteiger partial charge in [-0.1, -0.05) is 16.9 Å². The number of hydrogen-bond donors (Lipinski definition) is 1. The van der Waals surface area contributed by atoms with Crippen LogP contribution in [0, 0.1) is 13.8 Å². The first-order valence-electron chi connectivity index (χ1n) is 5.14. The number of rotatable bonds is 5. The number of thioether (sulfide) groups is 1. The lowest BCUT2D eigenvalue weighted by Crippen LogP contribution is -1.99. The number of carboxylic acid groups (broad SMARTS) is 1. The molecule has 0 saturated carbocycles. The van der Waals surface area contributed by atoms with Crippen molar-refractivity contribution in [3.8, 4) is 0 Å². The van der Waals surface area contributed by atoms with Crippen molar-refractivity contribution in [1.82, 2.24) is 15.1 Å². The molecule has 8 heteroatoms. The molecule has 0 spiro atoms. The van der Waals surface area contributed by atoms with Crippen LogP contribution in [0.25, 0.3) is 0 Å². The van der Waals surface area contributed by atoms with Crippen molar-refractivity contribution in [2.75, 3.05) is 0 Å². The van der Waals surface area contributed by atoms with E-state index in [1.807, 2.05) is 6.92 Å². The van der Waals surface area contributed by atoms with E-state index in [9.17, 15) is 4.79 Å². The number of hydrogen-bond acceptors (Lipinski definition) is 7. The minimum Gasteiger partial charge on any atom is -0.481 e. The van der Waals surface area contributed by atoms with Gasteiger partial charge in [0.25, 0.3) is 0 Å². The van der Waals surface area contributed by atoms with Gasteiger partial charge in [-0.3, -0.25) is 4.79 Å². The maximum absolute atomic E-state index is 10.7. The molecule has 0 fully saturated rings. The lowest BCUT2D eigenvalue weighted by Gasteiger charge is -1.90. The lowest BCUT2D eigenvalue weighted by molar-refractivity contribution is -0.136. The molecule has 6 nitrogen and oxygen atoms in total. The Morgan fingerprint density at radius 3 is 2.83 bits per heavy atom. The number of carboxylic acids is 1. The van der Waals surface area contributed by atoms with E-state index in [0.29, 0.717) is 17.5 Å². The van der Waals surface area contributed by atoms with E-state index < -0.39 is 5.97 Å². The van der Waals surface area contributed by atoms with Gasteiger partial charge < -0.3 is 9.63 Å². The van der Waals surface area contributed by atoms with E-state index in [-0.39, 0.29) is 6.42 Å². The third kappa shape index (κ3) is 3.30. The van der Waals surface area contributed by atoms with Crippen LogP contribution in [0.15, 0.2) is 8.86 Å². The molecule has 0 atom stereocenters. The first-order chi connectivity index (χ1) is 8.54. The summed E-state index contributed by atoms with van der Waals surface area (Å²) in [5, 5.41) is 12.4. The Kier molecular flexibility index (Phi) is 3.97. The summed E-state index contributed by atoms with van der Waals surface area (Å²) in [5.74, 6) is 0.851. The van der Waals surface area contributed by atoms with Crippen LogP contribution in [0.2, 0.25) is 0 Å². The molecule has 2 heterocycles. The van der Waals surface area contributed by atoms with Crippen molar-refractivity contribution < 1.29 is 14.4 Å². The van der Waals surface area contributed by atoms with Gasteiger partial charge in [0.2, 0.25) is 5.89 Å². The summed E-state index contributed by atoms with van der Waals surface area (Å²) >= 11 is 2.86. The number of aliphatic carboxylic acids is 1. The first kappa shape index (κ1) is 13.0. The maximum atomic E-state index is 10.7. The third-order valence-electron chi connectivity index (χ3n) is 2.07. The van der Waals surface area contributed by atoms with Crippen LogP contribution < -0.4 is 0 Å². The SMILES string of the molecule is Cc1noc(CSc2nc(C)c(CC(=O)O)s2)n1. The fourth-order valence-corrected chi connectivity index (χ4v) is 3.35. The minimum atomic E-state index is -0.842. The van der Waals surface area contributed by atoms with Crippen molar-refractivity contribution in [3.05, 3.63) is 22.3 Å². The van der Waals surface area contributed by atoms with Crippen molar-refractivity contribution in [3.63, 3.8) is 0 Å². The molecule has 2 aromatic heterocycles. The van der Waals surface area contributed by atoms with E-state index in [4.69, 9.17) is 9.63 Å². The van der Waals surface area contributed by atoms with Gasteiger partial charge in [0, 0.05) is 4.88 Å². The average Bonchev–Trinajstić information content (AvgIpc) is 2.83. The zero-order valence-electron chi connectivity index (χ0n) is 9.84. The molecule has 2 aromatic rings. The van der Waals surface area contributed by atoms with Gasteiger partial charge in [-0.2, -0.15) is 4.98 Å². The highest BCUT2D eigenvalue weighted by Crippen LogP contribution is 2.29. The third-order valence-corrected chi connectivity index (χ3v) is 4.36. The Morgan fingerprint density at radius 1 is 1.44 bits per heavy atom. The second-order valence-electron chi connectivity index (χ2n) is 3.58. The Bertz CT molecular complexity index is 564. The molecular formula is C10H11N3O3S2. The molecule has 18 heavy (non-hydrogen) atoms. The average molecular weight is 285 g/mol. The number of aryl methyl sites for hydroxylation is 2. The molecule has 0 unspecified atom stereocenters. The topological polar surface area (TPSA) is 89.1 Å². The van der Waals surface area contributed by atoms with E-state index in [2.05, 4.69) is 15.1 Å². The molecule has 0 amide bonds. The second kappa shape index (κ2) is 5.49. The van der Waals surface area contributed by atoms with E-state index >= 15 is 0 Å². The maximum Gasteiger partial charge on any atom is 0.308 e. The number of aromatic nitrogens is 3. The molecule has 0 aliphatic rings. The standard InChI is InChI=1S/C10H11N3O3S2/c1-5-7(3-9(14)15)18-10(11-5)17-4-8-12-6(2)13-16-8/h3-4H2,1-2H3,(H,14,15). The van der Waals surface area contributed by atoms with Gasteiger partial charge in [0.05, 0.1) is 17.9 Å². The number of nitrogens with zero attached hydrogens (tertiary/aromatic N) is 3. The molecule has 0 aliphatic heterocycles. The molecule has 2 rings (SSSR count). The fourth-order valence-electron chi connectivity index (χ4n) is 1.29. The second-order valence-corrected chi connectivity index (χ2v) is 5.89. The van der Waals surface area contributed by atoms with Crippen LogP contribution in [-0.2, 0) is 17.0 Å². The molecule has 0 bridgehead atoms. The van der Waals surface area contributed by atoms with Gasteiger partial charge in [0.1, 0.15) is 0 Å². The zero-order valence-corrected chi connectivity index (χ0v) is 11.5. The Labute approximate surface area is 111 Å². The summed E-state index contributed by atoms with van der Waals surface area (Å²) in [6.07, 6.45) is 0.0176. The van der Waals surface area contributed by atoms with Crippen LogP contribution in [0.5, 0.6) is 0 Å². The van der Waals surface area contributed by atoms with Crippen LogP contribution in [0.1, 0.15) is 22.3 Å². The summed E-state index contributed by atoms with van der Waals surface area (Å²) in [6.45, 7) is 3.58.